The first-order chi connectivity index (χ1) is 16.3. The second-order valence-corrected chi connectivity index (χ2v) is 7.61. The molecule has 0 aliphatic rings. The number of amides is 2. The zero-order chi connectivity index (χ0) is 24.8. The standard InChI is InChI=1S/C24H25ClN4O5/c1-14-10-16(15(2)29(14)17-6-8-21(33-4)19(25)11-17)13-26-28-24(31)23(30)27-20-12-18(32-3)7-9-22(20)34-5/h6-13H,1-5H3,(H,27,30)(H,28,31)/b26-13-. The SMILES string of the molecule is COc1ccc(OC)c(NC(=O)C(=O)N/N=C\c2cc(C)n(-c3ccc(OC)c(Cl)c3)c2C)c1. The van der Waals surface area contributed by atoms with Crippen LogP contribution in [0.15, 0.2) is 47.6 Å². The lowest BCUT2D eigenvalue weighted by molar-refractivity contribution is -0.136. The van der Waals surface area contributed by atoms with Gasteiger partial charge in [0.2, 0.25) is 0 Å². The van der Waals surface area contributed by atoms with Crippen molar-refractivity contribution in [1.82, 2.24) is 9.99 Å². The minimum Gasteiger partial charge on any atom is -0.497 e. The number of nitrogens with zero attached hydrogens (tertiary/aromatic N) is 2. The number of ether oxygens (including phenoxy) is 3. The van der Waals surface area contributed by atoms with Gasteiger partial charge in [-0.15, -0.1) is 0 Å². The number of aromatic nitrogens is 1. The molecule has 2 amide bonds. The Morgan fingerprint density at radius 2 is 1.65 bits per heavy atom. The molecule has 3 rings (SSSR count). The molecule has 0 spiro atoms. The van der Waals surface area contributed by atoms with Crippen molar-refractivity contribution in [2.24, 2.45) is 5.10 Å². The minimum absolute atomic E-state index is 0.299. The first kappa shape index (κ1) is 24.7. The molecule has 178 valence electrons. The van der Waals surface area contributed by atoms with Crippen molar-refractivity contribution in [1.29, 1.82) is 0 Å². The molecule has 34 heavy (non-hydrogen) atoms. The number of aryl methyl sites for hydroxylation is 1. The van der Waals surface area contributed by atoms with E-state index in [9.17, 15) is 9.59 Å². The fourth-order valence-corrected chi connectivity index (χ4v) is 3.66. The summed E-state index contributed by atoms with van der Waals surface area (Å²) in [5.41, 5.74) is 5.97. The van der Waals surface area contributed by atoms with Crippen molar-refractivity contribution >= 4 is 35.3 Å². The van der Waals surface area contributed by atoms with Crippen LogP contribution in [0.4, 0.5) is 5.69 Å². The van der Waals surface area contributed by atoms with Gasteiger partial charge in [-0.25, -0.2) is 5.43 Å². The summed E-state index contributed by atoms with van der Waals surface area (Å²) < 4.78 is 17.5. The predicted molar refractivity (Wildman–Crippen MR) is 131 cm³/mol. The summed E-state index contributed by atoms with van der Waals surface area (Å²) in [5.74, 6) is -0.360. The van der Waals surface area contributed by atoms with E-state index in [1.165, 1.54) is 20.4 Å². The molecule has 2 aromatic carbocycles. The Morgan fingerprint density at radius 1 is 0.941 bits per heavy atom. The molecule has 3 aromatic rings. The zero-order valence-corrected chi connectivity index (χ0v) is 20.2. The Labute approximate surface area is 202 Å². The van der Waals surface area contributed by atoms with E-state index in [1.807, 2.05) is 30.5 Å². The lowest BCUT2D eigenvalue weighted by Crippen LogP contribution is -2.32. The average molecular weight is 485 g/mol. The van der Waals surface area contributed by atoms with Gasteiger partial charge in [0.25, 0.3) is 0 Å². The van der Waals surface area contributed by atoms with Gasteiger partial charge < -0.3 is 24.1 Å². The van der Waals surface area contributed by atoms with Crippen molar-refractivity contribution in [3.63, 3.8) is 0 Å². The number of anilines is 1. The monoisotopic (exact) mass is 484 g/mol. The van der Waals surface area contributed by atoms with Gasteiger partial charge >= 0.3 is 11.8 Å². The fourth-order valence-electron chi connectivity index (χ4n) is 3.41. The molecule has 0 atom stereocenters. The van der Waals surface area contributed by atoms with E-state index in [2.05, 4.69) is 15.8 Å². The summed E-state index contributed by atoms with van der Waals surface area (Å²) in [6.07, 6.45) is 1.47. The van der Waals surface area contributed by atoms with Gasteiger partial charge in [0.15, 0.2) is 0 Å². The van der Waals surface area contributed by atoms with Crippen molar-refractivity contribution in [3.05, 3.63) is 64.4 Å². The second-order valence-electron chi connectivity index (χ2n) is 7.20. The first-order valence-electron chi connectivity index (χ1n) is 10.2. The lowest BCUT2D eigenvalue weighted by atomic mass is 10.2. The number of carbonyl (C=O) groups is 2. The number of hydrazone groups is 1. The largest absolute Gasteiger partial charge is 0.497 e. The Bertz CT molecular complexity index is 1250. The highest BCUT2D eigenvalue weighted by Crippen LogP contribution is 2.30. The summed E-state index contributed by atoms with van der Waals surface area (Å²) in [5, 5.41) is 6.92. The van der Waals surface area contributed by atoms with Gasteiger partial charge in [0.05, 0.1) is 38.3 Å². The molecule has 0 bridgehead atoms. The predicted octanol–water partition coefficient (Wildman–Crippen LogP) is 3.86. The van der Waals surface area contributed by atoms with E-state index >= 15 is 0 Å². The molecular formula is C24H25ClN4O5. The summed E-state index contributed by atoms with van der Waals surface area (Å²) >= 11 is 6.27. The molecule has 1 heterocycles. The number of nitrogens with one attached hydrogen (secondary N) is 2. The molecule has 0 aliphatic heterocycles. The van der Waals surface area contributed by atoms with E-state index in [-0.39, 0.29) is 0 Å². The first-order valence-corrected chi connectivity index (χ1v) is 10.6. The Morgan fingerprint density at radius 3 is 2.29 bits per heavy atom. The van der Waals surface area contributed by atoms with E-state index in [0.717, 1.165) is 22.6 Å². The molecular weight excluding hydrogens is 460 g/mol. The van der Waals surface area contributed by atoms with Crippen molar-refractivity contribution in [2.45, 2.75) is 13.8 Å². The molecule has 0 radical (unpaired) electrons. The molecule has 1 aromatic heterocycles. The van der Waals surface area contributed by atoms with Gasteiger partial charge in [-0.05, 0) is 50.2 Å². The van der Waals surface area contributed by atoms with E-state index in [0.29, 0.717) is 28.0 Å². The van der Waals surface area contributed by atoms with E-state index in [4.69, 9.17) is 25.8 Å². The number of rotatable bonds is 7. The van der Waals surface area contributed by atoms with Crippen LogP contribution >= 0.6 is 11.6 Å². The number of carbonyl (C=O) groups excluding carboxylic acids is 2. The maximum absolute atomic E-state index is 12.3. The molecule has 0 aliphatic carbocycles. The quantitative estimate of drug-likeness (QED) is 0.301. The lowest BCUT2D eigenvalue weighted by Gasteiger charge is -2.11. The maximum atomic E-state index is 12.3. The van der Waals surface area contributed by atoms with E-state index in [1.54, 1.807) is 37.4 Å². The third-order valence-electron chi connectivity index (χ3n) is 5.09. The number of hydrogen-bond donors (Lipinski definition) is 2. The van der Waals surface area contributed by atoms with Gasteiger partial charge in [0, 0.05) is 28.7 Å². The van der Waals surface area contributed by atoms with Crippen LogP contribution in [0, 0.1) is 13.8 Å². The van der Waals surface area contributed by atoms with Crippen molar-refractivity contribution in [2.75, 3.05) is 26.6 Å². The highest BCUT2D eigenvalue weighted by molar-refractivity contribution is 6.39. The highest BCUT2D eigenvalue weighted by Gasteiger charge is 2.16. The zero-order valence-electron chi connectivity index (χ0n) is 19.4. The average Bonchev–Trinajstić information content (AvgIpc) is 3.11. The number of hydrogen-bond acceptors (Lipinski definition) is 6. The third kappa shape index (κ3) is 5.32. The van der Waals surface area contributed by atoms with Gasteiger partial charge in [-0.2, -0.15) is 5.10 Å². The fraction of sp³-hybridized carbons (Fsp3) is 0.208. The smallest absolute Gasteiger partial charge is 0.329 e. The second kappa shape index (κ2) is 10.8. The number of methoxy groups -OCH3 is 3. The van der Waals surface area contributed by atoms with Crippen LogP contribution in [0.25, 0.3) is 5.69 Å². The summed E-state index contributed by atoms with van der Waals surface area (Å²) in [6, 6.07) is 12.2. The highest BCUT2D eigenvalue weighted by atomic mass is 35.5. The van der Waals surface area contributed by atoms with Crippen LogP contribution in [0.5, 0.6) is 17.2 Å². The van der Waals surface area contributed by atoms with Crippen LogP contribution in [0.2, 0.25) is 5.02 Å². The Hall–Kier alpha value is -3.98. The minimum atomic E-state index is -0.933. The molecule has 0 saturated heterocycles. The topological polar surface area (TPSA) is 103 Å². The van der Waals surface area contributed by atoms with Crippen LogP contribution in [0.3, 0.4) is 0 Å². The van der Waals surface area contributed by atoms with Crippen LogP contribution < -0.4 is 25.0 Å². The molecule has 0 saturated carbocycles. The Kier molecular flexibility index (Phi) is 7.80. The molecule has 0 unspecified atom stereocenters. The van der Waals surface area contributed by atoms with Crippen LogP contribution in [-0.4, -0.2) is 43.9 Å². The van der Waals surface area contributed by atoms with Gasteiger partial charge in [-0.3, -0.25) is 9.59 Å². The normalized spacial score (nSPS) is 10.8. The molecule has 9 nitrogen and oxygen atoms in total. The van der Waals surface area contributed by atoms with E-state index < -0.39 is 11.8 Å². The number of halogens is 1. The van der Waals surface area contributed by atoms with Crippen LogP contribution in [0.1, 0.15) is 17.0 Å². The van der Waals surface area contributed by atoms with Crippen molar-refractivity contribution in [3.8, 4) is 22.9 Å². The Balaban J connectivity index is 1.71. The summed E-state index contributed by atoms with van der Waals surface area (Å²) in [4.78, 5) is 24.5. The maximum Gasteiger partial charge on any atom is 0.329 e. The van der Waals surface area contributed by atoms with Gasteiger partial charge in [-0.1, -0.05) is 11.6 Å². The third-order valence-corrected chi connectivity index (χ3v) is 5.39. The van der Waals surface area contributed by atoms with Gasteiger partial charge in [0.1, 0.15) is 17.2 Å². The summed E-state index contributed by atoms with van der Waals surface area (Å²) in [6.45, 7) is 3.85. The number of benzene rings is 2. The van der Waals surface area contributed by atoms with Crippen LogP contribution in [-0.2, 0) is 9.59 Å². The molecule has 10 heteroatoms. The molecule has 0 fully saturated rings. The van der Waals surface area contributed by atoms with Crippen molar-refractivity contribution < 1.29 is 23.8 Å². The molecule has 2 N–H and O–H groups in total. The summed E-state index contributed by atoms with van der Waals surface area (Å²) in [7, 11) is 4.51.